The Morgan fingerprint density at radius 1 is 1.10 bits per heavy atom. The summed E-state index contributed by atoms with van der Waals surface area (Å²) in [5.74, 6) is 0.234. The van der Waals surface area contributed by atoms with Gasteiger partial charge in [-0.1, -0.05) is 0 Å². The smallest absolute Gasteiger partial charge is 0.407 e. The van der Waals surface area contributed by atoms with Gasteiger partial charge in [0.25, 0.3) is 5.91 Å². The van der Waals surface area contributed by atoms with Crippen LogP contribution in [0, 0.1) is 0 Å². The highest BCUT2D eigenvalue weighted by Crippen LogP contribution is 2.25. The Hall–Kier alpha value is -2.62. The molecule has 1 heterocycles. The van der Waals surface area contributed by atoms with Crippen molar-refractivity contribution in [3.05, 3.63) is 11.8 Å². The Morgan fingerprint density at radius 2 is 1.83 bits per heavy atom. The number of hydrogen-bond donors (Lipinski definition) is 5. The lowest BCUT2D eigenvalue weighted by Crippen LogP contribution is -2.40. The van der Waals surface area contributed by atoms with E-state index in [2.05, 4.69) is 30.7 Å². The van der Waals surface area contributed by atoms with E-state index in [1.807, 2.05) is 0 Å². The number of hydrogen-bond acceptors (Lipinski definition) is 8. The van der Waals surface area contributed by atoms with Crippen molar-refractivity contribution in [2.45, 2.75) is 75.6 Å². The number of primary amides is 1. The van der Waals surface area contributed by atoms with Crippen LogP contribution in [-0.2, 0) is 4.74 Å². The van der Waals surface area contributed by atoms with Gasteiger partial charge in [0, 0.05) is 24.3 Å². The first-order chi connectivity index (χ1) is 13.9. The maximum atomic E-state index is 11.8. The van der Waals surface area contributed by atoms with Gasteiger partial charge in [0.05, 0.1) is 18.8 Å². The van der Waals surface area contributed by atoms with Crippen LogP contribution in [0.5, 0.6) is 0 Å². The average molecular weight is 406 g/mol. The topological polar surface area (TPSA) is 151 Å². The lowest BCUT2D eigenvalue weighted by Gasteiger charge is -2.30. The van der Waals surface area contributed by atoms with E-state index in [0.717, 1.165) is 44.9 Å². The standard InChI is InChI=1S/C19H30N6O4/c1-29-19(28)24-12-7-5-11(6-8-12)23-18-21-10-15(16(20)27)17(25-18)22-13-3-2-4-14(26)9-13/h10-14,26H,2-9H2,1H3,(H2,20,27)(H,24,28)(H2,21,22,23,25)/t11?,12?,13-,14-/m1/s1. The van der Waals surface area contributed by atoms with Gasteiger partial charge in [0.15, 0.2) is 0 Å². The molecular formula is C19H30N6O4. The van der Waals surface area contributed by atoms with Gasteiger partial charge >= 0.3 is 6.09 Å². The number of amides is 2. The molecule has 0 bridgehead atoms. The Labute approximate surface area is 170 Å². The van der Waals surface area contributed by atoms with Crippen molar-refractivity contribution in [3.63, 3.8) is 0 Å². The van der Waals surface area contributed by atoms with Crippen LogP contribution in [0.15, 0.2) is 6.20 Å². The van der Waals surface area contributed by atoms with Crippen molar-refractivity contribution in [1.29, 1.82) is 0 Å². The fraction of sp³-hybridized carbons (Fsp3) is 0.684. The minimum Gasteiger partial charge on any atom is -0.453 e. The summed E-state index contributed by atoms with van der Waals surface area (Å²) in [4.78, 5) is 31.8. The highest BCUT2D eigenvalue weighted by molar-refractivity contribution is 5.97. The number of aromatic nitrogens is 2. The predicted octanol–water partition coefficient (Wildman–Crippen LogP) is 1.37. The van der Waals surface area contributed by atoms with Crippen LogP contribution in [-0.4, -0.2) is 58.4 Å². The second kappa shape index (κ2) is 9.73. The molecule has 2 aliphatic carbocycles. The molecule has 3 rings (SSSR count). The summed E-state index contributed by atoms with van der Waals surface area (Å²) in [6, 6.07) is 0.322. The van der Waals surface area contributed by atoms with Crippen molar-refractivity contribution in [2.24, 2.45) is 5.73 Å². The molecule has 0 unspecified atom stereocenters. The van der Waals surface area contributed by atoms with E-state index in [-0.39, 0.29) is 29.8 Å². The molecule has 160 valence electrons. The monoisotopic (exact) mass is 406 g/mol. The predicted molar refractivity (Wildman–Crippen MR) is 108 cm³/mol. The maximum Gasteiger partial charge on any atom is 0.407 e. The van der Waals surface area contributed by atoms with E-state index in [1.54, 1.807) is 0 Å². The first-order valence-corrected chi connectivity index (χ1v) is 10.2. The van der Waals surface area contributed by atoms with E-state index in [4.69, 9.17) is 5.73 Å². The quantitative estimate of drug-likeness (QED) is 0.475. The van der Waals surface area contributed by atoms with Crippen molar-refractivity contribution in [3.8, 4) is 0 Å². The molecule has 2 amide bonds. The van der Waals surface area contributed by atoms with Crippen LogP contribution in [0.2, 0.25) is 0 Å². The van der Waals surface area contributed by atoms with Crippen molar-refractivity contribution in [1.82, 2.24) is 15.3 Å². The van der Waals surface area contributed by atoms with E-state index in [9.17, 15) is 14.7 Å². The highest BCUT2D eigenvalue weighted by atomic mass is 16.5. The van der Waals surface area contributed by atoms with E-state index in [1.165, 1.54) is 13.3 Å². The summed E-state index contributed by atoms with van der Waals surface area (Å²) in [5.41, 5.74) is 5.71. The molecule has 2 fully saturated rings. The van der Waals surface area contributed by atoms with Crippen molar-refractivity contribution < 1.29 is 19.4 Å². The summed E-state index contributed by atoms with van der Waals surface area (Å²) in [7, 11) is 1.36. The molecule has 0 radical (unpaired) electrons. The molecule has 10 nitrogen and oxygen atoms in total. The molecule has 1 aromatic rings. The molecule has 0 spiro atoms. The first kappa shape index (κ1) is 21.1. The lowest BCUT2D eigenvalue weighted by molar-refractivity contribution is 0.1000. The van der Waals surface area contributed by atoms with Crippen molar-refractivity contribution in [2.75, 3.05) is 17.7 Å². The molecule has 2 aliphatic rings. The van der Waals surface area contributed by atoms with Crippen LogP contribution >= 0.6 is 0 Å². The normalized spacial score (nSPS) is 27.0. The molecule has 0 aromatic carbocycles. The number of rotatable bonds is 6. The third-order valence-electron chi connectivity index (χ3n) is 5.61. The maximum absolute atomic E-state index is 11.8. The molecule has 2 atom stereocenters. The summed E-state index contributed by atoms with van der Waals surface area (Å²) in [6.45, 7) is 0. The molecule has 2 saturated carbocycles. The summed E-state index contributed by atoms with van der Waals surface area (Å²) in [6.07, 6.45) is 7.29. The number of carbonyl (C=O) groups is 2. The van der Waals surface area contributed by atoms with Gasteiger partial charge in [0.2, 0.25) is 5.95 Å². The number of nitrogens with one attached hydrogen (secondary N) is 3. The number of nitrogens with two attached hydrogens (primary N) is 1. The minimum atomic E-state index is -0.593. The number of anilines is 2. The average Bonchev–Trinajstić information content (AvgIpc) is 2.69. The zero-order valence-corrected chi connectivity index (χ0v) is 16.7. The molecule has 10 heteroatoms. The highest BCUT2D eigenvalue weighted by Gasteiger charge is 2.25. The van der Waals surface area contributed by atoms with Crippen molar-refractivity contribution >= 4 is 23.8 Å². The number of alkyl carbamates (subject to hydrolysis) is 1. The summed E-state index contributed by atoms with van der Waals surface area (Å²) < 4.78 is 4.64. The summed E-state index contributed by atoms with van der Waals surface area (Å²) >= 11 is 0. The number of aliphatic hydroxyl groups excluding tert-OH is 1. The third kappa shape index (κ3) is 5.93. The number of methoxy groups -OCH3 is 1. The van der Waals surface area contributed by atoms with Crippen LogP contribution in [0.1, 0.15) is 61.7 Å². The number of aliphatic hydroxyl groups is 1. The van der Waals surface area contributed by atoms with Crippen LogP contribution in [0.4, 0.5) is 16.6 Å². The van der Waals surface area contributed by atoms with Gasteiger partial charge in [-0.05, 0) is 51.4 Å². The van der Waals surface area contributed by atoms with Gasteiger partial charge in [-0.3, -0.25) is 4.79 Å². The molecule has 6 N–H and O–H groups in total. The van der Waals surface area contributed by atoms with Crippen LogP contribution < -0.4 is 21.7 Å². The zero-order valence-electron chi connectivity index (χ0n) is 16.7. The Kier molecular flexibility index (Phi) is 7.08. The minimum absolute atomic E-state index is 0.0411. The largest absolute Gasteiger partial charge is 0.453 e. The van der Waals surface area contributed by atoms with Gasteiger partial charge < -0.3 is 31.5 Å². The third-order valence-corrected chi connectivity index (χ3v) is 5.61. The molecule has 29 heavy (non-hydrogen) atoms. The van der Waals surface area contributed by atoms with E-state index >= 15 is 0 Å². The van der Waals surface area contributed by atoms with Gasteiger partial charge in [-0.15, -0.1) is 0 Å². The molecule has 0 aliphatic heterocycles. The van der Waals surface area contributed by atoms with Crippen LogP contribution in [0.25, 0.3) is 0 Å². The zero-order chi connectivity index (χ0) is 20.8. The second-order valence-corrected chi connectivity index (χ2v) is 7.81. The van der Waals surface area contributed by atoms with Gasteiger partial charge in [-0.2, -0.15) is 4.98 Å². The number of ether oxygens (including phenoxy) is 1. The molecule has 0 saturated heterocycles. The number of carbonyl (C=O) groups excluding carboxylic acids is 2. The first-order valence-electron chi connectivity index (χ1n) is 10.2. The Balaban J connectivity index is 1.61. The fourth-order valence-corrected chi connectivity index (χ4v) is 4.02. The number of nitrogens with zero attached hydrogens (tertiary/aromatic N) is 2. The Bertz CT molecular complexity index is 723. The molecular weight excluding hydrogens is 376 g/mol. The second-order valence-electron chi connectivity index (χ2n) is 7.81. The molecule has 1 aromatic heterocycles. The van der Waals surface area contributed by atoms with Gasteiger partial charge in [-0.25, -0.2) is 9.78 Å². The lowest BCUT2D eigenvalue weighted by atomic mass is 9.91. The van der Waals surface area contributed by atoms with Gasteiger partial charge in [0.1, 0.15) is 5.82 Å². The van der Waals surface area contributed by atoms with Crippen LogP contribution in [0.3, 0.4) is 0 Å². The summed E-state index contributed by atoms with van der Waals surface area (Å²) in [5, 5.41) is 19.3. The Morgan fingerprint density at radius 3 is 2.48 bits per heavy atom. The SMILES string of the molecule is COC(=O)NC1CCC(Nc2ncc(C(N)=O)c(N[C@@H]3CCC[C@@H](O)C3)n2)CC1. The fourth-order valence-electron chi connectivity index (χ4n) is 4.02. The van der Waals surface area contributed by atoms with E-state index in [0.29, 0.717) is 18.2 Å². The van der Waals surface area contributed by atoms with E-state index < -0.39 is 12.0 Å².